The molecule has 1 aromatic carbocycles. The maximum Gasteiger partial charge on any atom is 0.269 e. The highest BCUT2D eigenvalue weighted by atomic mass is 32.2. The number of carbonyl (C=O) groups is 1. The van der Waals surface area contributed by atoms with Crippen LogP contribution >= 0.6 is 11.9 Å². The van der Waals surface area contributed by atoms with Gasteiger partial charge in [0.05, 0.1) is 12.0 Å². The Hall–Kier alpha value is -1.48. The number of benzene rings is 1. The van der Waals surface area contributed by atoms with E-state index in [2.05, 4.69) is 5.32 Å². The first-order valence-corrected chi connectivity index (χ1v) is 7.94. The number of hydrogen-bond acceptors (Lipinski definition) is 7. The summed E-state index contributed by atoms with van der Waals surface area (Å²) in [4.78, 5) is 24.8. The van der Waals surface area contributed by atoms with Crippen LogP contribution in [0.25, 0.3) is 0 Å². The van der Waals surface area contributed by atoms with Crippen molar-refractivity contribution in [3.8, 4) is 0 Å². The summed E-state index contributed by atoms with van der Waals surface area (Å²) in [5.41, 5.74) is 0.834. The van der Waals surface area contributed by atoms with Gasteiger partial charge >= 0.3 is 0 Å². The average molecular weight is 329 g/mol. The van der Waals surface area contributed by atoms with Crippen LogP contribution in [0.1, 0.15) is 12.0 Å². The van der Waals surface area contributed by atoms with E-state index in [0.29, 0.717) is 6.42 Å². The van der Waals surface area contributed by atoms with Crippen molar-refractivity contribution in [1.29, 1.82) is 0 Å². The molecule has 1 N–H and O–H groups in total. The minimum absolute atomic E-state index is 0.0460. The van der Waals surface area contributed by atoms with Crippen molar-refractivity contribution >= 4 is 23.9 Å². The summed E-state index contributed by atoms with van der Waals surface area (Å²) >= 11 is 1.60. The van der Waals surface area contributed by atoms with Crippen LogP contribution in [0.5, 0.6) is 0 Å². The first-order valence-electron chi connectivity index (χ1n) is 6.76. The minimum atomic E-state index is -0.468. The lowest BCUT2D eigenvalue weighted by molar-refractivity contribution is -0.384. The molecule has 7 nitrogen and oxygen atoms in total. The van der Waals surface area contributed by atoms with Crippen molar-refractivity contribution in [2.24, 2.45) is 0 Å². The van der Waals surface area contributed by atoms with E-state index in [9.17, 15) is 14.9 Å². The Balaban J connectivity index is 0.000000409. The zero-order chi connectivity index (χ0) is 16.8. The Bertz CT molecular complexity index is 425. The van der Waals surface area contributed by atoms with Crippen molar-refractivity contribution in [3.05, 3.63) is 39.9 Å². The van der Waals surface area contributed by atoms with E-state index in [-0.39, 0.29) is 5.69 Å². The summed E-state index contributed by atoms with van der Waals surface area (Å²) < 4.78 is 1.86. The van der Waals surface area contributed by atoms with Crippen LogP contribution in [0.2, 0.25) is 0 Å². The van der Waals surface area contributed by atoms with Crippen LogP contribution in [0.15, 0.2) is 24.3 Å². The number of nitrogens with one attached hydrogen (secondary N) is 1. The highest BCUT2D eigenvalue weighted by molar-refractivity contribution is 7.96. The lowest BCUT2D eigenvalue weighted by atomic mass is 10.1. The first-order chi connectivity index (χ1) is 10.6. The zero-order valence-corrected chi connectivity index (χ0v) is 14.0. The Morgan fingerprint density at radius 2 is 2.05 bits per heavy atom. The second-order valence-corrected chi connectivity index (χ2v) is 4.95. The molecule has 0 aliphatic carbocycles. The summed E-state index contributed by atoms with van der Waals surface area (Å²) in [6, 6.07) is 5.93. The minimum Gasteiger partial charge on any atom is -0.320 e. The van der Waals surface area contributed by atoms with E-state index in [0.717, 1.165) is 31.4 Å². The Labute approximate surface area is 135 Å². The monoisotopic (exact) mass is 329 g/mol. The van der Waals surface area contributed by atoms with Crippen molar-refractivity contribution in [2.45, 2.75) is 12.8 Å². The summed E-state index contributed by atoms with van der Waals surface area (Å²) in [6.07, 6.45) is 4.19. The Morgan fingerprint density at radius 3 is 2.45 bits per heavy atom. The van der Waals surface area contributed by atoms with E-state index in [1.807, 2.05) is 17.8 Å². The largest absolute Gasteiger partial charge is 0.320 e. The lowest BCUT2D eigenvalue weighted by Gasteiger charge is -2.14. The first kappa shape index (κ1) is 20.5. The molecule has 0 unspecified atom stereocenters. The van der Waals surface area contributed by atoms with Gasteiger partial charge in [-0.15, -0.1) is 4.47 Å². The molecule has 0 aliphatic rings. The van der Waals surface area contributed by atoms with Gasteiger partial charge in [0, 0.05) is 25.1 Å². The molecule has 0 radical (unpaired) electrons. The molecule has 0 aromatic heterocycles. The topological polar surface area (TPSA) is 84.7 Å². The van der Waals surface area contributed by atoms with E-state index in [1.165, 1.54) is 12.1 Å². The van der Waals surface area contributed by atoms with Gasteiger partial charge in [-0.1, -0.05) is 24.1 Å². The Kier molecular flexibility index (Phi) is 12.3. The van der Waals surface area contributed by atoms with Gasteiger partial charge in [0.15, 0.2) is 0 Å². The van der Waals surface area contributed by atoms with Gasteiger partial charge in [-0.3, -0.25) is 15.0 Å². The zero-order valence-electron chi connectivity index (χ0n) is 13.2. The van der Waals surface area contributed by atoms with E-state index in [1.54, 1.807) is 31.2 Å². The summed E-state index contributed by atoms with van der Waals surface area (Å²) in [7, 11) is 3.64. The van der Waals surface area contributed by atoms with Gasteiger partial charge in [-0.2, -0.15) is 0 Å². The van der Waals surface area contributed by atoms with Gasteiger partial charge < -0.3 is 10.1 Å². The molecule has 1 rings (SSSR count). The number of hydrogen-bond donors (Lipinski definition) is 1. The third-order valence-corrected chi connectivity index (χ3v) is 3.38. The van der Waals surface area contributed by atoms with Gasteiger partial charge in [-0.25, -0.2) is 0 Å². The van der Waals surface area contributed by atoms with Crippen molar-refractivity contribution in [3.63, 3.8) is 0 Å². The molecular formula is C14H23N3O4S. The number of aldehydes is 1. The lowest BCUT2D eigenvalue weighted by Crippen LogP contribution is -2.19. The molecule has 0 amide bonds. The SMILES string of the molecule is CNCCCN(OC)SC.O=CCc1ccc([N+](=O)[O-])cc1. The molecule has 0 fully saturated rings. The Morgan fingerprint density at radius 1 is 1.41 bits per heavy atom. The van der Waals surface area contributed by atoms with E-state index >= 15 is 0 Å². The molecule has 8 heteroatoms. The number of nitro groups is 1. The molecule has 0 heterocycles. The quantitative estimate of drug-likeness (QED) is 0.244. The summed E-state index contributed by atoms with van der Waals surface area (Å²) in [6.45, 7) is 2.01. The molecule has 0 saturated heterocycles. The maximum absolute atomic E-state index is 10.2. The van der Waals surface area contributed by atoms with E-state index < -0.39 is 4.92 Å². The fourth-order valence-electron chi connectivity index (χ4n) is 1.49. The highest BCUT2D eigenvalue weighted by Crippen LogP contribution is 2.11. The summed E-state index contributed by atoms with van der Waals surface area (Å²) in [5, 5.41) is 13.3. The van der Waals surface area contributed by atoms with Crippen molar-refractivity contribution < 1.29 is 14.6 Å². The molecular weight excluding hydrogens is 306 g/mol. The fraction of sp³-hybridized carbons (Fsp3) is 0.500. The molecule has 0 saturated carbocycles. The van der Waals surface area contributed by atoms with Gasteiger partial charge in [0.1, 0.15) is 6.29 Å². The van der Waals surface area contributed by atoms with Crippen LogP contribution in [0, 0.1) is 10.1 Å². The fourth-order valence-corrected chi connectivity index (χ4v) is 1.95. The van der Waals surface area contributed by atoms with Gasteiger partial charge in [0.2, 0.25) is 0 Å². The molecule has 124 valence electrons. The predicted octanol–water partition coefficient (Wildman–Crippen LogP) is 2.07. The summed E-state index contributed by atoms with van der Waals surface area (Å²) in [5.74, 6) is 0. The molecule has 0 atom stereocenters. The average Bonchev–Trinajstić information content (AvgIpc) is 2.53. The second-order valence-electron chi connectivity index (χ2n) is 4.17. The van der Waals surface area contributed by atoms with Crippen LogP contribution in [0.3, 0.4) is 0 Å². The highest BCUT2D eigenvalue weighted by Gasteiger charge is 2.02. The maximum atomic E-state index is 10.2. The van der Waals surface area contributed by atoms with Crippen LogP contribution in [0.4, 0.5) is 5.69 Å². The third kappa shape index (κ3) is 9.46. The standard InChI is InChI=1S/C8H7NO3.C6H16N2OS/c10-6-5-7-1-3-8(4-2-7)9(11)12;1-7-5-4-6-8(9-2)10-3/h1-4,6H,5H2;7H,4-6H2,1-3H3. The molecule has 0 aliphatic heterocycles. The molecule has 1 aromatic rings. The number of non-ortho nitro benzene ring substituents is 1. The van der Waals surface area contributed by atoms with Crippen LogP contribution in [-0.4, -0.2) is 49.2 Å². The van der Waals surface area contributed by atoms with Crippen molar-refractivity contribution in [2.75, 3.05) is 33.5 Å². The normalized spacial score (nSPS) is 10.0. The van der Waals surface area contributed by atoms with Crippen molar-refractivity contribution in [1.82, 2.24) is 9.79 Å². The van der Waals surface area contributed by atoms with Gasteiger partial charge in [-0.05, 0) is 31.8 Å². The number of carbonyl (C=O) groups excluding carboxylic acids is 1. The number of hydroxylamine groups is 1. The van der Waals surface area contributed by atoms with Gasteiger partial charge in [0.25, 0.3) is 5.69 Å². The second kappa shape index (κ2) is 13.2. The number of nitrogens with zero attached hydrogens (tertiary/aromatic N) is 2. The molecule has 0 spiro atoms. The molecule has 22 heavy (non-hydrogen) atoms. The third-order valence-electron chi connectivity index (χ3n) is 2.64. The van der Waals surface area contributed by atoms with Crippen LogP contribution < -0.4 is 5.32 Å². The molecule has 0 bridgehead atoms. The smallest absolute Gasteiger partial charge is 0.269 e. The number of nitro benzene ring substituents is 1. The predicted molar refractivity (Wildman–Crippen MR) is 88.6 cm³/mol. The van der Waals surface area contributed by atoms with Crippen LogP contribution in [-0.2, 0) is 16.1 Å². The van der Waals surface area contributed by atoms with E-state index in [4.69, 9.17) is 4.84 Å². The number of rotatable bonds is 9.